The number of nitrogens with zero attached hydrogens (tertiary/aromatic N) is 3. The van der Waals surface area contributed by atoms with Crippen LogP contribution in [0.15, 0.2) is 36.5 Å². The van der Waals surface area contributed by atoms with Crippen LogP contribution in [-0.2, 0) is 0 Å². The van der Waals surface area contributed by atoms with Gasteiger partial charge in [-0.05, 0) is 50.5 Å². The minimum atomic E-state index is -0.443. The van der Waals surface area contributed by atoms with Gasteiger partial charge >= 0.3 is 0 Å². The second kappa shape index (κ2) is 9.44. The number of aromatic nitrogens is 3. The van der Waals surface area contributed by atoms with E-state index in [0.29, 0.717) is 45.7 Å². The highest BCUT2D eigenvalue weighted by Gasteiger charge is 2.21. The Morgan fingerprint density at radius 3 is 2.82 bits per heavy atom. The van der Waals surface area contributed by atoms with Gasteiger partial charge in [0.15, 0.2) is 28.8 Å². The first-order valence-electron chi connectivity index (χ1n) is 11.4. The second-order valence-corrected chi connectivity index (χ2v) is 8.48. The minimum absolute atomic E-state index is 0.101. The molecule has 178 valence electrons. The fourth-order valence-corrected chi connectivity index (χ4v) is 4.40. The summed E-state index contributed by atoms with van der Waals surface area (Å²) in [6.45, 7) is 4.03. The van der Waals surface area contributed by atoms with Gasteiger partial charge in [0, 0.05) is 35.8 Å². The molecule has 0 radical (unpaired) electrons. The van der Waals surface area contributed by atoms with Crippen molar-refractivity contribution in [1.82, 2.24) is 20.1 Å². The van der Waals surface area contributed by atoms with Crippen LogP contribution in [0.1, 0.15) is 25.0 Å². The average molecular weight is 467 g/mol. The van der Waals surface area contributed by atoms with E-state index in [1.54, 1.807) is 37.4 Å². The number of hydrogen-bond acceptors (Lipinski definition) is 7. The van der Waals surface area contributed by atoms with Crippen LogP contribution in [0.2, 0.25) is 0 Å². The Hall–Kier alpha value is -3.43. The number of aliphatic hydroxyl groups is 1. The van der Waals surface area contributed by atoms with Gasteiger partial charge in [-0.2, -0.15) is 10.2 Å². The molecule has 4 aromatic rings. The second-order valence-electron chi connectivity index (χ2n) is 8.48. The number of halogens is 1. The van der Waals surface area contributed by atoms with Crippen molar-refractivity contribution >= 4 is 21.8 Å². The lowest BCUT2D eigenvalue weighted by Crippen LogP contribution is -2.30. The molecule has 0 bridgehead atoms. The highest BCUT2D eigenvalue weighted by molar-refractivity contribution is 5.88. The zero-order chi connectivity index (χ0) is 23.7. The summed E-state index contributed by atoms with van der Waals surface area (Å²) >= 11 is 0. The van der Waals surface area contributed by atoms with E-state index in [0.717, 1.165) is 38.0 Å². The summed E-state index contributed by atoms with van der Waals surface area (Å²) in [6.07, 6.45) is 3.72. The van der Waals surface area contributed by atoms with E-state index in [1.165, 1.54) is 6.20 Å². The molecule has 9 heteroatoms. The Balaban J connectivity index is 1.36. The molecule has 0 amide bonds. The number of aryl methyl sites for hydroxylation is 1. The number of methoxy groups -OCH3 is 1. The molecule has 3 heterocycles. The molecular formula is C25H27FN4O4. The number of benzene rings is 2. The van der Waals surface area contributed by atoms with Crippen LogP contribution in [0.5, 0.6) is 23.0 Å². The van der Waals surface area contributed by atoms with Crippen molar-refractivity contribution in [2.75, 3.05) is 26.8 Å². The van der Waals surface area contributed by atoms with Crippen LogP contribution in [0.4, 0.5) is 4.39 Å². The molecule has 2 aromatic heterocycles. The maximum absolute atomic E-state index is 15.0. The minimum Gasteiger partial charge on any atom is -0.493 e. The lowest BCUT2D eigenvalue weighted by atomic mass is 10.2. The number of aromatic amines is 1. The third-order valence-corrected chi connectivity index (χ3v) is 6.12. The first kappa shape index (κ1) is 22.4. The molecule has 0 saturated carbocycles. The number of ether oxygens (including phenoxy) is 3. The van der Waals surface area contributed by atoms with E-state index in [2.05, 4.69) is 20.1 Å². The summed E-state index contributed by atoms with van der Waals surface area (Å²) in [6, 6.07) is 8.62. The SMILES string of the molecule is COc1cc2c(Oc3ccc4[nH]c(C)cc4c3F)cnnc2cc1OCCCN1CCCC1O. The Kier molecular flexibility index (Phi) is 6.21. The van der Waals surface area contributed by atoms with E-state index in [1.807, 2.05) is 6.92 Å². The van der Waals surface area contributed by atoms with Gasteiger partial charge in [0.1, 0.15) is 11.7 Å². The fraction of sp³-hybridized carbons (Fsp3) is 0.360. The van der Waals surface area contributed by atoms with Crippen molar-refractivity contribution in [2.45, 2.75) is 32.4 Å². The van der Waals surface area contributed by atoms with E-state index < -0.39 is 5.82 Å². The van der Waals surface area contributed by atoms with E-state index in [-0.39, 0.29) is 12.0 Å². The van der Waals surface area contributed by atoms with Gasteiger partial charge in [0.2, 0.25) is 0 Å². The van der Waals surface area contributed by atoms with Gasteiger partial charge in [-0.25, -0.2) is 4.39 Å². The van der Waals surface area contributed by atoms with E-state index >= 15 is 4.39 Å². The summed E-state index contributed by atoms with van der Waals surface area (Å²) in [5, 5.41) is 19.2. The van der Waals surface area contributed by atoms with Gasteiger partial charge in [0.25, 0.3) is 0 Å². The molecule has 2 aromatic carbocycles. The molecule has 8 nitrogen and oxygen atoms in total. The van der Waals surface area contributed by atoms with Gasteiger partial charge in [-0.1, -0.05) is 0 Å². The van der Waals surface area contributed by atoms with Crippen molar-refractivity contribution in [1.29, 1.82) is 0 Å². The zero-order valence-electron chi connectivity index (χ0n) is 19.2. The van der Waals surface area contributed by atoms with Gasteiger partial charge in [-0.15, -0.1) is 0 Å². The Bertz CT molecular complexity index is 1330. The molecule has 1 aliphatic rings. The molecule has 2 N–H and O–H groups in total. The van der Waals surface area contributed by atoms with Crippen LogP contribution >= 0.6 is 0 Å². The predicted octanol–water partition coefficient (Wildman–Crippen LogP) is 4.54. The smallest absolute Gasteiger partial charge is 0.175 e. The largest absolute Gasteiger partial charge is 0.493 e. The normalized spacial score (nSPS) is 16.4. The van der Waals surface area contributed by atoms with Crippen molar-refractivity contribution in [3.05, 3.63) is 48.0 Å². The topological polar surface area (TPSA) is 92.7 Å². The van der Waals surface area contributed by atoms with Crippen LogP contribution in [0.3, 0.4) is 0 Å². The molecule has 0 spiro atoms. The van der Waals surface area contributed by atoms with Gasteiger partial charge in [0.05, 0.1) is 25.3 Å². The molecular weight excluding hydrogens is 439 g/mol. The lowest BCUT2D eigenvalue weighted by Gasteiger charge is -2.19. The number of rotatable bonds is 8. The fourth-order valence-electron chi connectivity index (χ4n) is 4.40. The molecule has 1 fully saturated rings. The lowest BCUT2D eigenvalue weighted by molar-refractivity contribution is 0.0352. The molecule has 1 unspecified atom stereocenters. The summed E-state index contributed by atoms with van der Waals surface area (Å²) in [5.74, 6) is 1.08. The first-order chi connectivity index (χ1) is 16.5. The monoisotopic (exact) mass is 466 g/mol. The number of H-pyrrole nitrogens is 1. The third-order valence-electron chi connectivity index (χ3n) is 6.12. The summed E-state index contributed by atoms with van der Waals surface area (Å²) in [4.78, 5) is 5.17. The summed E-state index contributed by atoms with van der Waals surface area (Å²) < 4.78 is 32.5. The number of aliphatic hydroxyl groups excluding tert-OH is 1. The van der Waals surface area contributed by atoms with Crippen molar-refractivity contribution < 1.29 is 23.7 Å². The van der Waals surface area contributed by atoms with Crippen molar-refractivity contribution in [3.63, 3.8) is 0 Å². The molecule has 1 aliphatic heterocycles. The Morgan fingerprint density at radius 2 is 2.03 bits per heavy atom. The number of fused-ring (bicyclic) bond motifs is 2. The summed E-state index contributed by atoms with van der Waals surface area (Å²) in [7, 11) is 1.56. The van der Waals surface area contributed by atoms with E-state index in [9.17, 15) is 5.11 Å². The Morgan fingerprint density at radius 1 is 1.15 bits per heavy atom. The predicted molar refractivity (Wildman–Crippen MR) is 126 cm³/mol. The third kappa shape index (κ3) is 4.36. The molecule has 5 rings (SSSR count). The number of hydrogen-bond donors (Lipinski definition) is 2. The molecule has 0 aliphatic carbocycles. The van der Waals surface area contributed by atoms with Crippen LogP contribution in [0, 0.1) is 12.7 Å². The van der Waals surface area contributed by atoms with Crippen molar-refractivity contribution in [3.8, 4) is 23.0 Å². The summed E-state index contributed by atoms with van der Waals surface area (Å²) in [5.41, 5.74) is 2.13. The highest BCUT2D eigenvalue weighted by Crippen LogP contribution is 2.38. The van der Waals surface area contributed by atoms with Gasteiger partial charge < -0.3 is 24.3 Å². The molecule has 1 saturated heterocycles. The zero-order valence-corrected chi connectivity index (χ0v) is 19.2. The highest BCUT2D eigenvalue weighted by atomic mass is 19.1. The maximum atomic E-state index is 15.0. The first-order valence-corrected chi connectivity index (χ1v) is 11.4. The number of likely N-dealkylation sites (tertiary alicyclic amines) is 1. The van der Waals surface area contributed by atoms with E-state index in [4.69, 9.17) is 14.2 Å². The van der Waals surface area contributed by atoms with Crippen molar-refractivity contribution in [2.24, 2.45) is 0 Å². The van der Waals surface area contributed by atoms with Crippen LogP contribution < -0.4 is 14.2 Å². The van der Waals surface area contributed by atoms with Gasteiger partial charge in [-0.3, -0.25) is 4.90 Å². The van der Waals surface area contributed by atoms with Crippen LogP contribution in [0.25, 0.3) is 21.8 Å². The maximum Gasteiger partial charge on any atom is 0.175 e. The molecule has 1 atom stereocenters. The standard InChI is InChI=1S/C25H27FN4O4/c1-15-11-17-18(28-15)6-7-20(25(17)26)34-23-14-27-29-19-13-22(21(32-2)12-16(19)23)33-10-4-9-30-8-3-5-24(30)31/h6-7,11-14,24,28,31H,3-5,8-10H2,1-2H3. The molecule has 34 heavy (non-hydrogen) atoms. The van der Waals surface area contributed by atoms with Crippen LogP contribution in [-0.4, -0.2) is 58.2 Å². The Labute approximate surface area is 196 Å². The average Bonchev–Trinajstić information content (AvgIpc) is 3.43. The quantitative estimate of drug-likeness (QED) is 0.368. The number of nitrogens with one attached hydrogen (secondary N) is 1.